The fraction of sp³-hybridized carbons (Fsp3) is 0.676. The van der Waals surface area contributed by atoms with Gasteiger partial charge in [0.25, 0.3) is 0 Å². The van der Waals surface area contributed by atoms with Crippen molar-refractivity contribution in [3.05, 3.63) is 47.0 Å². The third kappa shape index (κ3) is 7.25. The lowest BCUT2D eigenvalue weighted by Gasteiger charge is -2.44. The van der Waals surface area contributed by atoms with E-state index in [0.29, 0.717) is 5.57 Å². The van der Waals surface area contributed by atoms with Gasteiger partial charge in [-0.15, -0.1) is 0 Å². The summed E-state index contributed by atoms with van der Waals surface area (Å²) in [4.78, 5) is 38.2. The van der Waals surface area contributed by atoms with Gasteiger partial charge in [0.1, 0.15) is 55.4 Å². The second kappa shape index (κ2) is 16.6. The molecule has 22 heteroatoms. The Morgan fingerprint density at radius 2 is 1.36 bits per heavy atom. The highest BCUT2D eigenvalue weighted by Gasteiger charge is 2.58. The summed E-state index contributed by atoms with van der Waals surface area (Å²) in [7, 11) is 0. The average Bonchev–Trinajstić information content (AvgIpc) is 3.84. The molecule has 0 bridgehead atoms. The van der Waals surface area contributed by atoms with Crippen molar-refractivity contribution < 1.29 is 103 Å². The van der Waals surface area contributed by atoms with E-state index >= 15 is 0 Å². The van der Waals surface area contributed by atoms with Crippen molar-refractivity contribution in [2.45, 2.75) is 86.2 Å². The minimum atomic E-state index is -1.95. The summed E-state index contributed by atoms with van der Waals surface area (Å²) in [6.07, 6.45) is -15.7. The van der Waals surface area contributed by atoms with Gasteiger partial charge in [-0.05, 0) is 35.2 Å². The first-order chi connectivity index (χ1) is 26.8. The van der Waals surface area contributed by atoms with Crippen LogP contribution < -0.4 is 0 Å². The van der Waals surface area contributed by atoms with E-state index in [1.165, 1.54) is 12.3 Å². The molecule has 2 aliphatic carbocycles. The van der Waals surface area contributed by atoms with Crippen molar-refractivity contribution in [2.75, 3.05) is 32.7 Å². The quantitative estimate of drug-likeness (QED) is 0.0542. The first-order valence-electron chi connectivity index (χ1n) is 17.6. The fourth-order valence-corrected chi connectivity index (χ4v) is 8.30. The minimum absolute atomic E-state index is 0.139. The Hall–Kier alpha value is -3.20. The number of aliphatic hydroxyl groups excluding tert-OH is 9. The van der Waals surface area contributed by atoms with Crippen LogP contribution in [0.15, 0.2) is 47.0 Å². The summed E-state index contributed by atoms with van der Waals surface area (Å²) in [5.41, 5.74) is 0.486. The molecule has 5 aliphatic heterocycles. The molecule has 21 nitrogen and oxygen atoms in total. The number of aliphatic hydroxyl groups is 9. The van der Waals surface area contributed by atoms with Gasteiger partial charge < -0.3 is 88.6 Å². The monoisotopic (exact) mass is 818 g/mol. The van der Waals surface area contributed by atoms with Crippen LogP contribution >= 0.6 is 11.8 Å². The number of hydrogen-bond donors (Lipinski definition) is 9. The number of ether oxygens (including phenoxy) is 9. The number of esters is 2. The van der Waals surface area contributed by atoms with Gasteiger partial charge in [0.05, 0.1) is 61.4 Å². The van der Waals surface area contributed by atoms with Crippen LogP contribution in [-0.2, 0) is 52.2 Å². The molecule has 5 heterocycles. The van der Waals surface area contributed by atoms with Gasteiger partial charge in [-0.1, -0.05) is 6.08 Å². The molecule has 0 aromatic rings. The van der Waals surface area contributed by atoms with Crippen molar-refractivity contribution in [1.29, 1.82) is 0 Å². The lowest BCUT2D eigenvalue weighted by molar-refractivity contribution is -0.341. The van der Waals surface area contributed by atoms with E-state index in [1.807, 2.05) is 0 Å². The third-order valence-corrected chi connectivity index (χ3v) is 11.4. The molecule has 0 saturated carbocycles. The highest BCUT2D eigenvalue weighted by molar-refractivity contribution is 8.12. The highest BCUT2D eigenvalue weighted by Crippen LogP contribution is 2.50. The molecule has 310 valence electrons. The standard InChI is InChI=1S/C34H42O21S/c1-56-34(46)49-7-11-3-15-21-13(28(44)50-15)9-48-31(19(11)21)55-33-26(43)27(23(40)17(6-37)52-33)53-29(45)12-8-47-30(18-10(4-35)2-14(38)20(12)18)54-32-25(42)24(41)22(39)16(5-36)51-32/h2-3,8-9,14-27,30-33,35-43H,4-7H2,1H3/t14-,15-,16-,17-,18-,19-,20+,21+,22-,23-,24+,25-,26-,27+,30+,31+,32+,33+/m1/s1. The third-order valence-electron chi connectivity index (χ3n) is 10.9. The van der Waals surface area contributed by atoms with Gasteiger partial charge in [0.2, 0.25) is 12.6 Å². The number of fused-ring (bicyclic) bond motifs is 1. The van der Waals surface area contributed by atoms with Crippen molar-refractivity contribution in [2.24, 2.45) is 23.7 Å². The van der Waals surface area contributed by atoms with E-state index in [1.54, 1.807) is 6.08 Å². The van der Waals surface area contributed by atoms with E-state index in [9.17, 15) is 60.3 Å². The Labute approximate surface area is 321 Å². The lowest BCUT2D eigenvalue weighted by atomic mass is 9.82. The second-order valence-electron chi connectivity index (χ2n) is 14.0. The summed E-state index contributed by atoms with van der Waals surface area (Å²) in [6, 6.07) is 0. The van der Waals surface area contributed by atoms with Gasteiger partial charge in [0.15, 0.2) is 18.7 Å². The summed E-state index contributed by atoms with van der Waals surface area (Å²) in [5, 5.41) is 93.6. The Morgan fingerprint density at radius 3 is 2.00 bits per heavy atom. The predicted octanol–water partition coefficient (Wildman–Crippen LogP) is -4.23. The van der Waals surface area contributed by atoms with Gasteiger partial charge in [-0.2, -0.15) is 0 Å². The van der Waals surface area contributed by atoms with E-state index in [2.05, 4.69) is 0 Å². The van der Waals surface area contributed by atoms with E-state index in [4.69, 9.17) is 42.6 Å². The Balaban J connectivity index is 1.08. The van der Waals surface area contributed by atoms with E-state index in [-0.39, 0.29) is 23.3 Å². The number of carbonyl (C=O) groups is 3. The van der Waals surface area contributed by atoms with Gasteiger partial charge >= 0.3 is 17.2 Å². The number of thioether (sulfide) groups is 1. The number of hydrogen-bond acceptors (Lipinski definition) is 22. The normalized spacial score (nSPS) is 43.9. The Bertz CT molecular complexity index is 1650. The molecular weight excluding hydrogens is 776 g/mol. The first-order valence-corrected chi connectivity index (χ1v) is 18.8. The molecule has 0 aromatic carbocycles. The second-order valence-corrected chi connectivity index (χ2v) is 14.8. The molecule has 0 unspecified atom stereocenters. The molecule has 9 N–H and O–H groups in total. The topological polar surface area (TPSA) is 316 Å². The molecule has 56 heavy (non-hydrogen) atoms. The average molecular weight is 819 g/mol. The van der Waals surface area contributed by atoms with Crippen LogP contribution in [0.5, 0.6) is 0 Å². The molecular formula is C34H42O21S. The van der Waals surface area contributed by atoms with Crippen molar-refractivity contribution in [3.8, 4) is 0 Å². The van der Waals surface area contributed by atoms with Crippen molar-refractivity contribution >= 4 is 29.0 Å². The van der Waals surface area contributed by atoms with Crippen molar-refractivity contribution in [3.63, 3.8) is 0 Å². The zero-order chi connectivity index (χ0) is 40.2. The maximum atomic E-state index is 13.8. The molecule has 3 fully saturated rings. The van der Waals surface area contributed by atoms with Gasteiger partial charge in [0, 0.05) is 11.8 Å². The molecule has 7 rings (SSSR count). The summed E-state index contributed by atoms with van der Waals surface area (Å²) >= 11 is 0.842. The Kier molecular flexibility index (Phi) is 12.1. The Morgan fingerprint density at radius 1 is 0.732 bits per heavy atom. The number of rotatable bonds is 11. The zero-order valence-corrected chi connectivity index (χ0v) is 30.2. The van der Waals surface area contributed by atoms with Crippen LogP contribution in [0.3, 0.4) is 0 Å². The first kappa shape index (κ1) is 41.0. The van der Waals surface area contributed by atoms with Crippen molar-refractivity contribution in [1.82, 2.24) is 0 Å². The van der Waals surface area contributed by atoms with E-state index in [0.717, 1.165) is 24.3 Å². The van der Waals surface area contributed by atoms with Gasteiger partial charge in [-0.25, -0.2) is 14.4 Å². The molecule has 3 saturated heterocycles. The van der Waals surface area contributed by atoms with Crippen LogP contribution in [0.1, 0.15) is 0 Å². The molecule has 0 amide bonds. The minimum Gasteiger partial charge on any atom is -0.471 e. The predicted molar refractivity (Wildman–Crippen MR) is 177 cm³/mol. The zero-order valence-electron chi connectivity index (χ0n) is 29.4. The summed E-state index contributed by atoms with van der Waals surface area (Å²) in [6.45, 7) is -2.43. The fourth-order valence-electron chi connectivity index (χ4n) is 8.13. The molecule has 0 aromatic heterocycles. The number of carbonyl (C=O) groups excluding carboxylic acids is 3. The van der Waals surface area contributed by atoms with E-state index < -0.39 is 147 Å². The summed E-state index contributed by atoms with van der Waals surface area (Å²) in [5.74, 6) is -5.60. The molecule has 0 radical (unpaired) electrons. The van der Waals surface area contributed by atoms with Crippen LogP contribution in [0.2, 0.25) is 0 Å². The maximum Gasteiger partial charge on any atom is 0.367 e. The maximum absolute atomic E-state index is 13.8. The summed E-state index contributed by atoms with van der Waals surface area (Å²) < 4.78 is 50.6. The van der Waals surface area contributed by atoms with Crippen LogP contribution in [0.25, 0.3) is 0 Å². The highest BCUT2D eigenvalue weighted by atomic mass is 32.2. The smallest absolute Gasteiger partial charge is 0.367 e. The lowest BCUT2D eigenvalue weighted by Crippen LogP contribution is -2.61. The molecule has 18 atom stereocenters. The van der Waals surface area contributed by atoms with Crippen LogP contribution in [-0.4, -0.2) is 182 Å². The van der Waals surface area contributed by atoms with Crippen LogP contribution in [0, 0.1) is 23.7 Å². The van der Waals surface area contributed by atoms with Gasteiger partial charge in [-0.3, -0.25) is 0 Å². The molecule has 7 aliphatic rings. The molecule has 0 spiro atoms. The largest absolute Gasteiger partial charge is 0.471 e. The SMILES string of the molecule is CSC(=O)OCC1=C[C@H]2OC(=O)C3=CO[C@@H](O[C@@H]4O[C@H](CO)[C@@H](O)[C@H](OC(=O)C5=CO[C@@H](O[C@@H]6O[C@H](CO)[C@@H](O)[C@H](O)[C@H]6O)[C@@H]6C(CO)=C[C@@H](O)[C@H]56)[C@H]4O)[C@H]1[C@@H]32. The van der Waals surface area contributed by atoms with Crippen LogP contribution in [0.4, 0.5) is 4.79 Å².